The molecule has 2 aliphatic heterocycles. The van der Waals surface area contributed by atoms with Crippen LogP contribution < -0.4 is 4.74 Å². The number of rotatable bonds is 4. The van der Waals surface area contributed by atoms with Crippen LogP contribution in [0.25, 0.3) is 6.08 Å². The summed E-state index contributed by atoms with van der Waals surface area (Å²) in [5, 5.41) is 0.487. The highest BCUT2D eigenvalue weighted by Gasteiger charge is 2.46. The second-order valence-corrected chi connectivity index (χ2v) is 8.03. The zero-order valence-electron chi connectivity index (χ0n) is 15.4. The van der Waals surface area contributed by atoms with Gasteiger partial charge in [-0.3, -0.25) is 4.79 Å². The third kappa shape index (κ3) is 3.45. The van der Waals surface area contributed by atoms with E-state index < -0.39 is 12.1 Å². The molecule has 1 aromatic carbocycles. The molecular formula is C21H24ClNO4. The highest BCUT2D eigenvalue weighted by Crippen LogP contribution is 2.40. The molecule has 1 unspecified atom stereocenters. The number of nitrogens with zero attached hydrogens (tertiary/aromatic N) is 1. The Labute approximate surface area is 164 Å². The van der Waals surface area contributed by atoms with Gasteiger partial charge in [-0.15, -0.1) is 0 Å². The number of hydrogen-bond acceptors (Lipinski definition) is 4. The van der Waals surface area contributed by atoms with E-state index in [4.69, 9.17) is 21.1 Å². The molecular weight excluding hydrogens is 366 g/mol. The van der Waals surface area contributed by atoms with Crippen molar-refractivity contribution in [1.29, 1.82) is 0 Å². The molecule has 1 saturated carbocycles. The Morgan fingerprint density at radius 2 is 2.11 bits per heavy atom. The van der Waals surface area contributed by atoms with Crippen LogP contribution in [0.2, 0.25) is 5.02 Å². The molecule has 2 fully saturated rings. The molecule has 27 heavy (non-hydrogen) atoms. The number of methoxy groups -OCH3 is 1. The van der Waals surface area contributed by atoms with Crippen molar-refractivity contribution in [2.45, 2.75) is 50.7 Å². The summed E-state index contributed by atoms with van der Waals surface area (Å²) in [6.45, 7) is 0.391. The highest BCUT2D eigenvalue weighted by molar-refractivity contribution is 6.32. The number of amides is 1. The first kappa shape index (κ1) is 18.4. The molecule has 6 heteroatoms. The molecule has 144 valence electrons. The number of benzene rings is 1. The number of hydrogen-bond donors (Lipinski definition) is 0. The van der Waals surface area contributed by atoms with Gasteiger partial charge in [0.25, 0.3) is 5.91 Å². The van der Waals surface area contributed by atoms with Crippen molar-refractivity contribution in [2.24, 2.45) is 5.92 Å². The predicted octanol–water partition coefficient (Wildman–Crippen LogP) is 3.84. The van der Waals surface area contributed by atoms with E-state index >= 15 is 0 Å². The molecule has 0 bridgehead atoms. The van der Waals surface area contributed by atoms with Gasteiger partial charge in [-0.1, -0.05) is 55.8 Å². The number of carbonyl (C=O) groups is 2. The number of halogens is 1. The molecule has 1 aliphatic carbocycles. The Morgan fingerprint density at radius 3 is 2.85 bits per heavy atom. The van der Waals surface area contributed by atoms with Crippen molar-refractivity contribution in [2.75, 3.05) is 13.7 Å². The quantitative estimate of drug-likeness (QED) is 0.734. The molecule has 3 aliphatic rings. The van der Waals surface area contributed by atoms with Gasteiger partial charge in [0.15, 0.2) is 0 Å². The van der Waals surface area contributed by atoms with Crippen molar-refractivity contribution in [3.8, 4) is 5.75 Å². The van der Waals surface area contributed by atoms with Crippen LogP contribution in [0, 0.1) is 5.92 Å². The Hall–Kier alpha value is -2.01. The monoisotopic (exact) mass is 389 g/mol. The van der Waals surface area contributed by atoms with E-state index in [1.54, 1.807) is 11.0 Å². The second-order valence-electron chi connectivity index (χ2n) is 7.62. The molecule has 2 atom stereocenters. The van der Waals surface area contributed by atoms with Crippen molar-refractivity contribution in [3.05, 3.63) is 34.4 Å². The van der Waals surface area contributed by atoms with E-state index in [9.17, 15) is 9.59 Å². The average molecular weight is 390 g/mol. The van der Waals surface area contributed by atoms with E-state index in [0.29, 0.717) is 29.7 Å². The SMILES string of the molecule is COC(=O)C(CC1CCCCC1)N1CC2=Cc3cccc(Cl)c3O[C@@H]2C1=O. The highest BCUT2D eigenvalue weighted by atomic mass is 35.5. The van der Waals surface area contributed by atoms with Crippen LogP contribution in [0.5, 0.6) is 5.75 Å². The fraction of sp³-hybridized carbons (Fsp3) is 0.524. The van der Waals surface area contributed by atoms with Crippen molar-refractivity contribution in [1.82, 2.24) is 4.90 Å². The molecule has 0 N–H and O–H groups in total. The maximum Gasteiger partial charge on any atom is 0.328 e. The third-order valence-corrected chi connectivity index (χ3v) is 6.20. The zero-order valence-corrected chi connectivity index (χ0v) is 16.2. The Morgan fingerprint density at radius 1 is 1.33 bits per heavy atom. The summed E-state index contributed by atoms with van der Waals surface area (Å²) < 4.78 is 11.0. The first-order chi connectivity index (χ1) is 13.1. The first-order valence-electron chi connectivity index (χ1n) is 9.62. The Balaban J connectivity index is 1.57. The van der Waals surface area contributed by atoms with Gasteiger partial charge in [0.1, 0.15) is 11.8 Å². The topological polar surface area (TPSA) is 55.8 Å². The maximum absolute atomic E-state index is 13.1. The predicted molar refractivity (Wildman–Crippen MR) is 103 cm³/mol. The van der Waals surface area contributed by atoms with Crippen molar-refractivity contribution >= 4 is 29.6 Å². The lowest BCUT2D eigenvalue weighted by Gasteiger charge is -2.30. The molecule has 5 nitrogen and oxygen atoms in total. The minimum Gasteiger partial charge on any atom is -0.474 e. The molecule has 0 spiro atoms. The van der Waals surface area contributed by atoms with Crippen LogP contribution in [0.3, 0.4) is 0 Å². The number of fused-ring (bicyclic) bond motifs is 2. The lowest BCUT2D eigenvalue weighted by atomic mass is 9.84. The van der Waals surface area contributed by atoms with Gasteiger partial charge in [0, 0.05) is 12.1 Å². The van der Waals surface area contributed by atoms with E-state index in [-0.39, 0.29) is 11.9 Å². The summed E-state index contributed by atoms with van der Waals surface area (Å²) in [6, 6.07) is 4.96. The minimum atomic E-state index is -0.698. The Kier molecular flexibility index (Phi) is 5.13. The van der Waals surface area contributed by atoms with Crippen LogP contribution in [-0.2, 0) is 14.3 Å². The van der Waals surface area contributed by atoms with Gasteiger partial charge < -0.3 is 14.4 Å². The summed E-state index contributed by atoms with van der Waals surface area (Å²) in [5.41, 5.74) is 1.73. The molecule has 0 aromatic heterocycles. The number of para-hydroxylation sites is 1. The van der Waals surface area contributed by atoms with Crippen molar-refractivity contribution in [3.63, 3.8) is 0 Å². The lowest BCUT2D eigenvalue weighted by molar-refractivity contribution is -0.153. The smallest absolute Gasteiger partial charge is 0.328 e. The summed E-state index contributed by atoms with van der Waals surface area (Å²) in [5.74, 6) is 0.464. The molecule has 1 amide bonds. The number of esters is 1. The van der Waals surface area contributed by atoms with Crippen LogP contribution in [0.1, 0.15) is 44.1 Å². The van der Waals surface area contributed by atoms with E-state index in [2.05, 4.69) is 0 Å². The second kappa shape index (κ2) is 7.55. The number of likely N-dealkylation sites (tertiary alicyclic amines) is 1. The van der Waals surface area contributed by atoms with Crippen LogP contribution in [-0.4, -0.2) is 42.6 Å². The van der Waals surface area contributed by atoms with Gasteiger partial charge in [-0.05, 0) is 30.1 Å². The number of carbonyl (C=O) groups excluding carboxylic acids is 2. The Bertz CT molecular complexity index is 784. The van der Waals surface area contributed by atoms with Gasteiger partial charge in [-0.2, -0.15) is 0 Å². The number of ether oxygens (including phenoxy) is 2. The molecule has 4 rings (SSSR count). The maximum atomic E-state index is 13.1. The van der Waals surface area contributed by atoms with Crippen LogP contribution in [0.15, 0.2) is 23.8 Å². The summed E-state index contributed by atoms with van der Waals surface area (Å²) in [6.07, 6.45) is 7.78. The fourth-order valence-electron chi connectivity index (χ4n) is 4.48. The summed E-state index contributed by atoms with van der Waals surface area (Å²) in [7, 11) is 1.38. The summed E-state index contributed by atoms with van der Waals surface area (Å²) in [4.78, 5) is 27.2. The standard InChI is InChI=1S/C21H24ClNO4/c1-26-21(25)17(10-13-6-3-2-4-7-13)23-12-15-11-14-8-5-9-16(22)18(14)27-19(15)20(23)24/h5,8-9,11,13,17,19H,2-4,6-7,10,12H2,1H3/t17?,19-/m0/s1. The lowest BCUT2D eigenvalue weighted by Crippen LogP contribution is -2.46. The molecule has 2 heterocycles. The molecule has 1 aromatic rings. The zero-order chi connectivity index (χ0) is 19.0. The van der Waals surface area contributed by atoms with E-state index in [1.165, 1.54) is 26.4 Å². The third-order valence-electron chi connectivity index (χ3n) is 5.90. The minimum absolute atomic E-state index is 0.182. The fourth-order valence-corrected chi connectivity index (χ4v) is 4.71. The van der Waals surface area contributed by atoms with Crippen molar-refractivity contribution < 1.29 is 19.1 Å². The van der Waals surface area contributed by atoms with Gasteiger partial charge in [-0.25, -0.2) is 4.79 Å². The van der Waals surface area contributed by atoms with E-state index in [1.807, 2.05) is 18.2 Å². The first-order valence-corrected chi connectivity index (χ1v) is 10.00. The summed E-state index contributed by atoms with van der Waals surface area (Å²) >= 11 is 6.23. The molecule has 0 radical (unpaired) electrons. The largest absolute Gasteiger partial charge is 0.474 e. The van der Waals surface area contributed by atoms with Gasteiger partial charge in [0.2, 0.25) is 6.10 Å². The normalized spacial score (nSPS) is 23.2. The van der Waals surface area contributed by atoms with Gasteiger partial charge in [0.05, 0.1) is 12.1 Å². The van der Waals surface area contributed by atoms with Crippen LogP contribution in [0.4, 0.5) is 0 Å². The molecule has 1 saturated heterocycles. The average Bonchev–Trinajstić information content (AvgIpc) is 3.01. The van der Waals surface area contributed by atoms with E-state index in [0.717, 1.165) is 24.0 Å². The van der Waals surface area contributed by atoms with Gasteiger partial charge >= 0.3 is 5.97 Å². The van der Waals surface area contributed by atoms with Crippen LogP contribution >= 0.6 is 11.6 Å².